The second-order valence-electron chi connectivity index (χ2n) is 5.99. The van der Waals surface area contributed by atoms with E-state index in [1.807, 2.05) is 4.90 Å². The van der Waals surface area contributed by atoms with Crippen LogP contribution in [0.5, 0.6) is 11.8 Å². The third-order valence-corrected chi connectivity index (χ3v) is 3.98. The molecule has 0 spiro atoms. The minimum Gasteiger partial charge on any atom is -0.467 e. The Morgan fingerprint density at radius 1 is 1.14 bits per heavy atom. The second kappa shape index (κ2) is 8.28. The van der Waals surface area contributed by atoms with Crippen molar-refractivity contribution in [3.63, 3.8) is 0 Å². The molecule has 150 valence electrons. The van der Waals surface area contributed by atoms with Crippen LogP contribution >= 0.6 is 0 Å². The molecule has 1 aliphatic rings. The number of anilines is 1. The highest BCUT2D eigenvalue weighted by Crippen LogP contribution is 2.23. The molecule has 28 heavy (non-hydrogen) atoms. The summed E-state index contributed by atoms with van der Waals surface area (Å²) in [5.41, 5.74) is 0.176. The van der Waals surface area contributed by atoms with Crippen molar-refractivity contribution in [1.29, 1.82) is 0 Å². The van der Waals surface area contributed by atoms with Crippen molar-refractivity contribution in [2.45, 2.75) is 25.7 Å². The highest BCUT2D eigenvalue weighted by molar-refractivity contribution is 5.94. The lowest BCUT2D eigenvalue weighted by atomic mass is 10.2. The van der Waals surface area contributed by atoms with Gasteiger partial charge >= 0.3 is 12.4 Å². The zero-order chi connectivity index (χ0) is 20.1. The van der Waals surface area contributed by atoms with E-state index < -0.39 is 18.0 Å². The van der Waals surface area contributed by atoms with Crippen LogP contribution in [0.15, 0.2) is 24.3 Å². The molecule has 11 heteroatoms. The van der Waals surface area contributed by atoms with Crippen molar-refractivity contribution in [3.8, 4) is 11.8 Å². The van der Waals surface area contributed by atoms with Crippen LogP contribution in [0.25, 0.3) is 0 Å². The average Bonchev–Trinajstić information content (AvgIpc) is 3.20. The fourth-order valence-electron chi connectivity index (χ4n) is 2.68. The van der Waals surface area contributed by atoms with Gasteiger partial charge in [0.25, 0.3) is 5.91 Å². The lowest BCUT2D eigenvalue weighted by Gasteiger charge is -2.16. The maximum Gasteiger partial charge on any atom is 0.573 e. The Labute approximate surface area is 158 Å². The van der Waals surface area contributed by atoms with Crippen LogP contribution in [-0.2, 0) is 6.54 Å². The summed E-state index contributed by atoms with van der Waals surface area (Å²) in [7, 11) is 1.44. The fourth-order valence-corrected chi connectivity index (χ4v) is 2.68. The van der Waals surface area contributed by atoms with Gasteiger partial charge in [0.2, 0.25) is 5.95 Å². The van der Waals surface area contributed by atoms with Gasteiger partial charge in [-0.1, -0.05) is 0 Å². The molecule has 0 bridgehead atoms. The topological polar surface area (TPSA) is 89.5 Å². The van der Waals surface area contributed by atoms with E-state index in [2.05, 4.69) is 25.0 Å². The molecule has 1 aromatic heterocycles. The lowest BCUT2D eigenvalue weighted by Crippen LogP contribution is -2.26. The third-order valence-electron chi connectivity index (χ3n) is 3.98. The smallest absolute Gasteiger partial charge is 0.467 e. The Morgan fingerprint density at radius 2 is 1.82 bits per heavy atom. The van der Waals surface area contributed by atoms with Crippen LogP contribution in [0, 0.1) is 0 Å². The number of carbonyl (C=O) groups is 1. The number of ether oxygens (including phenoxy) is 2. The van der Waals surface area contributed by atoms with E-state index in [4.69, 9.17) is 4.74 Å². The predicted molar refractivity (Wildman–Crippen MR) is 92.1 cm³/mol. The van der Waals surface area contributed by atoms with Crippen molar-refractivity contribution in [2.75, 3.05) is 25.1 Å². The summed E-state index contributed by atoms with van der Waals surface area (Å²) in [4.78, 5) is 26.9. The molecule has 2 heterocycles. The monoisotopic (exact) mass is 397 g/mol. The number of alkyl halides is 3. The molecular weight excluding hydrogens is 379 g/mol. The van der Waals surface area contributed by atoms with Crippen LogP contribution in [0.4, 0.5) is 19.1 Å². The second-order valence-corrected chi connectivity index (χ2v) is 5.99. The van der Waals surface area contributed by atoms with Crippen molar-refractivity contribution < 1.29 is 27.4 Å². The molecule has 0 atom stereocenters. The Balaban J connectivity index is 1.64. The van der Waals surface area contributed by atoms with Gasteiger partial charge in [-0.25, -0.2) is 0 Å². The predicted octanol–water partition coefficient (Wildman–Crippen LogP) is 2.31. The van der Waals surface area contributed by atoms with Gasteiger partial charge in [0, 0.05) is 18.7 Å². The number of rotatable bonds is 6. The summed E-state index contributed by atoms with van der Waals surface area (Å²) < 4.78 is 45.4. The highest BCUT2D eigenvalue weighted by Gasteiger charge is 2.31. The summed E-state index contributed by atoms with van der Waals surface area (Å²) in [5, 5.41) is 2.62. The molecule has 1 N–H and O–H groups in total. The molecule has 0 unspecified atom stereocenters. The molecule has 2 aromatic rings. The van der Waals surface area contributed by atoms with Crippen molar-refractivity contribution in [2.24, 2.45) is 0 Å². The Kier molecular flexibility index (Phi) is 5.81. The number of amides is 1. The van der Waals surface area contributed by atoms with Crippen LogP contribution in [0.1, 0.15) is 29.0 Å². The fraction of sp³-hybridized carbons (Fsp3) is 0.412. The van der Waals surface area contributed by atoms with Gasteiger partial charge in [-0.3, -0.25) is 4.79 Å². The number of benzene rings is 1. The number of nitrogens with zero attached hydrogens (tertiary/aromatic N) is 4. The Bertz CT molecular complexity index is 824. The molecule has 3 rings (SSSR count). The molecule has 1 aromatic carbocycles. The molecule has 0 radical (unpaired) electrons. The van der Waals surface area contributed by atoms with Gasteiger partial charge < -0.3 is 19.7 Å². The molecule has 1 fully saturated rings. The van der Waals surface area contributed by atoms with E-state index in [-0.39, 0.29) is 18.1 Å². The van der Waals surface area contributed by atoms with E-state index in [1.54, 1.807) is 0 Å². The van der Waals surface area contributed by atoms with Crippen LogP contribution < -0.4 is 19.7 Å². The van der Waals surface area contributed by atoms with Crippen molar-refractivity contribution in [3.05, 3.63) is 35.7 Å². The largest absolute Gasteiger partial charge is 0.573 e. The minimum atomic E-state index is -4.78. The first-order valence-corrected chi connectivity index (χ1v) is 8.52. The summed E-state index contributed by atoms with van der Waals surface area (Å²) >= 11 is 0. The van der Waals surface area contributed by atoms with Crippen LogP contribution in [0.3, 0.4) is 0 Å². The van der Waals surface area contributed by atoms with Gasteiger partial charge in [-0.2, -0.15) is 15.0 Å². The minimum absolute atomic E-state index is 0.0132. The van der Waals surface area contributed by atoms with Gasteiger partial charge in [0.05, 0.1) is 13.7 Å². The van der Waals surface area contributed by atoms with E-state index in [0.717, 1.165) is 38.1 Å². The number of hydrogen-bond donors (Lipinski definition) is 1. The first kappa shape index (κ1) is 19.6. The Morgan fingerprint density at radius 3 is 2.43 bits per heavy atom. The maximum atomic E-state index is 12.2. The molecule has 1 saturated heterocycles. The molecule has 0 aliphatic carbocycles. The third kappa shape index (κ3) is 5.21. The number of halogens is 3. The highest BCUT2D eigenvalue weighted by atomic mass is 19.4. The molecule has 8 nitrogen and oxygen atoms in total. The summed E-state index contributed by atoms with van der Waals surface area (Å²) in [6.45, 7) is 1.69. The number of carbonyl (C=O) groups excluding carboxylic acids is 1. The maximum absolute atomic E-state index is 12.2. The average molecular weight is 397 g/mol. The number of methoxy groups -OCH3 is 1. The van der Waals surface area contributed by atoms with Gasteiger partial charge in [-0.15, -0.1) is 13.2 Å². The standard InChI is InChI=1S/C17H18F3N5O3/c1-27-16-23-13(22-15(24-16)25-8-2-3-9-25)10-21-14(26)11-4-6-12(7-5-11)28-17(18,19)20/h4-7H,2-3,8-10H2,1H3,(H,21,26). The summed E-state index contributed by atoms with van der Waals surface area (Å²) in [6.07, 6.45) is -2.68. The molecular formula is C17H18F3N5O3. The molecule has 0 saturated carbocycles. The first-order valence-electron chi connectivity index (χ1n) is 8.52. The van der Waals surface area contributed by atoms with Crippen molar-refractivity contribution in [1.82, 2.24) is 20.3 Å². The molecule has 1 amide bonds. The van der Waals surface area contributed by atoms with Crippen LogP contribution in [0.2, 0.25) is 0 Å². The molecule has 1 aliphatic heterocycles. The first-order chi connectivity index (χ1) is 13.3. The SMILES string of the molecule is COc1nc(CNC(=O)c2ccc(OC(F)(F)F)cc2)nc(N2CCCC2)n1. The number of hydrogen-bond acceptors (Lipinski definition) is 7. The zero-order valence-corrected chi connectivity index (χ0v) is 15.0. The van der Waals surface area contributed by atoms with Gasteiger partial charge in [-0.05, 0) is 37.1 Å². The quantitative estimate of drug-likeness (QED) is 0.800. The van der Waals surface area contributed by atoms with Gasteiger partial charge in [0.1, 0.15) is 5.75 Å². The number of nitrogens with one attached hydrogen (secondary N) is 1. The summed E-state index contributed by atoms with van der Waals surface area (Å²) in [6, 6.07) is 4.76. The lowest BCUT2D eigenvalue weighted by molar-refractivity contribution is -0.274. The van der Waals surface area contributed by atoms with Crippen LogP contribution in [-0.4, -0.2) is 47.4 Å². The zero-order valence-electron chi connectivity index (χ0n) is 15.0. The van der Waals surface area contributed by atoms with E-state index in [1.165, 1.54) is 19.2 Å². The normalized spacial score (nSPS) is 14.1. The van der Waals surface area contributed by atoms with E-state index in [0.29, 0.717) is 11.8 Å². The van der Waals surface area contributed by atoms with Gasteiger partial charge in [0.15, 0.2) is 5.82 Å². The van der Waals surface area contributed by atoms with E-state index >= 15 is 0 Å². The number of aromatic nitrogens is 3. The Hall–Kier alpha value is -3.11. The van der Waals surface area contributed by atoms with Crippen molar-refractivity contribution >= 4 is 11.9 Å². The summed E-state index contributed by atoms with van der Waals surface area (Å²) in [5.74, 6) is -0.0801. The van der Waals surface area contributed by atoms with E-state index in [9.17, 15) is 18.0 Å².